The van der Waals surface area contributed by atoms with Crippen molar-refractivity contribution >= 4 is 6.08 Å². The Bertz CT molecular complexity index is 560. The van der Waals surface area contributed by atoms with Crippen molar-refractivity contribution in [1.29, 1.82) is 5.26 Å². The second kappa shape index (κ2) is 5.35. The number of nitrogens with zero attached hydrogens (tertiary/aromatic N) is 2. The third-order valence-electron chi connectivity index (χ3n) is 2.23. The molecule has 9 heteroatoms. The van der Waals surface area contributed by atoms with E-state index >= 15 is 0 Å². The molecule has 0 radical (unpaired) electrons. The second-order valence-corrected chi connectivity index (χ2v) is 3.59. The van der Waals surface area contributed by atoms with E-state index in [1.807, 2.05) is 0 Å². The molecule has 0 saturated carbocycles. The first kappa shape index (κ1) is 15.7. The van der Waals surface area contributed by atoms with Gasteiger partial charge in [-0.05, 0) is 23.8 Å². The summed E-state index contributed by atoms with van der Waals surface area (Å²) < 4.78 is 75.2. The maximum atomic E-state index is 12.5. The predicted octanol–water partition coefficient (Wildman–Crippen LogP) is 3.62. The van der Waals surface area contributed by atoms with Crippen LogP contribution < -0.4 is 0 Å². The van der Waals surface area contributed by atoms with Crippen molar-refractivity contribution in [1.82, 2.24) is 0 Å². The van der Waals surface area contributed by atoms with Gasteiger partial charge >= 0.3 is 12.4 Å². The number of hydrogen-bond donors (Lipinski definition) is 0. The topological polar surface area (TPSA) is 53.2 Å². The summed E-state index contributed by atoms with van der Waals surface area (Å²) in [6.07, 6.45) is -9.13. The standard InChI is InChI=1S/C11H4F6N2O/c12-10(13,14)7-1-6(9(4-18)19-5-20)2-8(3-7)11(15,16)17/h1-3,9H. The van der Waals surface area contributed by atoms with E-state index in [2.05, 4.69) is 4.99 Å². The van der Waals surface area contributed by atoms with Crippen molar-refractivity contribution in [3.63, 3.8) is 0 Å². The van der Waals surface area contributed by atoms with Crippen molar-refractivity contribution in [2.45, 2.75) is 18.4 Å². The van der Waals surface area contributed by atoms with Crippen molar-refractivity contribution in [3.8, 4) is 6.07 Å². The Kier molecular flexibility index (Phi) is 4.20. The molecule has 0 fully saturated rings. The molecule has 20 heavy (non-hydrogen) atoms. The SMILES string of the molecule is N#CC(N=C=O)c1cc(C(F)(F)F)cc(C(F)(F)F)c1. The Morgan fingerprint density at radius 1 is 1.00 bits per heavy atom. The zero-order valence-electron chi connectivity index (χ0n) is 9.38. The number of alkyl halides is 6. The number of benzene rings is 1. The molecule has 1 unspecified atom stereocenters. The number of aliphatic imine (C=N–C) groups is 1. The zero-order valence-corrected chi connectivity index (χ0v) is 9.38. The maximum Gasteiger partial charge on any atom is 0.416 e. The van der Waals surface area contributed by atoms with Gasteiger partial charge in [0.25, 0.3) is 0 Å². The Balaban J connectivity index is 3.54. The van der Waals surface area contributed by atoms with Gasteiger partial charge in [0.1, 0.15) is 0 Å². The number of halogens is 6. The highest BCUT2D eigenvalue weighted by atomic mass is 19.4. The normalized spacial score (nSPS) is 13.2. The zero-order chi connectivity index (χ0) is 15.6. The summed E-state index contributed by atoms with van der Waals surface area (Å²) in [5.41, 5.74) is -3.84. The van der Waals surface area contributed by atoms with Crippen LogP contribution in [0.2, 0.25) is 0 Å². The molecule has 1 rings (SSSR count). The summed E-state index contributed by atoms with van der Waals surface area (Å²) in [5.74, 6) is 0. The lowest BCUT2D eigenvalue weighted by Crippen LogP contribution is -2.12. The molecule has 0 bridgehead atoms. The van der Waals surface area contributed by atoms with E-state index in [4.69, 9.17) is 5.26 Å². The molecule has 0 aliphatic rings. The molecule has 0 N–H and O–H groups in total. The molecule has 1 aromatic rings. The largest absolute Gasteiger partial charge is 0.416 e. The molecule has 0 amide bonds. The van der Waals surface area contributed by atoms with E-state index in [0.29, 0.717) is 12.1 Å². The Morgan fingerprint density at radius 3 is 1.75 bits per heavy atom. The van der Waals surface area contributed by atoms with Crippen LogP contribution in [0.4, 0.5) is 26.3 Å². The minimum absolute atomic E-state index is 0.0808. The van der Waals surface area contributed by atoms with Gasteiger partial charge in [0.05, 0.1) is 17.2 Å². The fourth-order valence-corrected chi connectivity index (χ4v) is 1.37. The summed E-state index contributed by atoms with van der Waals surface area (Å²) in [6, 6.07) is 0.125. The highest BCUT2D eigenvalue weighted by Crippen LogP contribution is 2.37. The fraction of sp³-hybridized carbons (Fsp3) is 0.273. The Hall–Kier alpha value is -2.33. The highest BCUT2D eigenvalue weighted by Gasteiger charge is 2.37. The lowest BCUT2D eigenvalue weighted by molar-refractivity contribution is -0.143. The molecule has 0 aliphatic heterocycles. The van der Waals surface area contributed by atoms with Gasteiger partial charge in [-0.25, -0.2) is 4.79 Å². The molecular weight excluding hydrogens is 290 g/mol. The molecule has 0 aromatic heterocycles. The van der Waals surface area contributed by atoms with Crippen LogP contribution in [0, 0.1) is 11.3 Å². The molecule has 0 aliphatic carbocycles. The van der Waals surface area contributed by atoms with E-state index in [0.717, 1.165) is 6.08 Å². The predicted molar refractivity (Wildman–Crippen MR) is 52.9 cm³/mol. The number of carbonyl (C=O) groups excluding carboxylic acids is 1. The van der Waals surface area contributed by atoms with Gasteiger partial charge in [-0.2, -0.15) is 36.6 Å². The van der Waals surface area contributed by atoms with Gasteiger partial charge in [-0.15, -0.1) is 0 Å². The third-order valence-corrected chi connectivity index (χ3v) is 2.23. The average Bonchev–Trinajstić information content (AvgIpc) is 2.33. The quantitative estimate of drug-likeness (QED) is 0.475. The minimum atomic E-state index is -5.03. The molecule has 1 atom stereocenters. The molecule has 3 nitrogen and oxygen atoms in total. The van der Waals surface area contributed by atoms with Crippen molar-refractivity contribution < 1.29 is 31.1 Å². The monoisotopic (exact) mass is 294 g/mol. The van der Waals surface area contributed by atoms with E-state index in [-0.39, 0.29) is 6.07 Å². The van der Waals surface area contributed by atoms with Gasteiger partial charge < -0.3 is 0 Å². The first-order valence-electron chi connectivity index (χ1n) is 4.85. The lowest BCUT2D eigenvalue weighted by atomic mass is 10.0. The smallest absolute Gasteiger partial charge is 0.211 e. The molecule has 0 saturated heterocycles. The van der Waals surface area contributed by atoms with Gasteiger partial charge in [0.15, 0.2) is 6.04 Å². The van der Waals surface area contributed by atoms with Crippen molar-refractivity contribution in [3.05, 3.63) is 34.9 Å². The van der Waals surface area contributed by atoms with Gasteiger partial charge in [-0.1, -0.05) is 0 Å². The first-order chi connectivity index (χ1) is 9.09. The van der Waals surface area contributed by atoms with Crippen LogP contribution in [0.15, 0.2) is 23.2 Å². The van der Waals surface area contributed by atoms with Crippen LogP contribution >= 0.6 is 0 Å². The van der Waals surface area contributed by atoms with Crippen LogP contribution in [-0.4, -0.2) is 6.08 Å². The summed E-state index contributed by atoms with van der Waals surface area (Å²) in [5, 5.41) is 8.61. The number of nitriles is 1. The Morgan fingerprint density at radius 2 is 1.45 bits per heavy atom. The van der Waals surface area contributed by atoms with E-state index in [9.17, 15) is 31.1 Å². The molecule has 106 valence electrons. The second-order valence-electron chi connectivity index (χ2n) is 3.59. The van der Waals surface area contributed by atoms with Crippen LogP contribution in [-0.2, 0) is 17.1 Å². The molecule has 0 heterocycles. The summed E-state index contributed by atoms with van der Waals surface area (Å²) >= 11 is 0. The van der Waals surface area contributed by atoms with Crippen molar-refractivity contribution in [2.24, 2.45) is 4.99 Å². The fourth-order valence-electron chi connectivity index (χ4n) is 1.37. The summed E-state index contributed by atoms with van der Waals surface area (Å²) in [4.78, 5) is 12.9. The van der Waals surface area contributed by atoms with Crippen LogP contribution in [0.5, 0.6) is 0 Å². The molecule has 0 spiro atoms. The summed E-state index contributed by atoms with van der Waals surface area (Å²) in [7, 11) is 0. The van der Waals surface area contributed by atoms with E-state index < -0.39 is 35.1 Å². The van der Waals surface area contributed by atoms with Gasteiger partial charge in [-0.3, -0.25) is 0 Å². The van der Waals surface area contributed by atoms with Crippen LogP contribution in [0.1, 0.15) is 22.7 Å². The van der Waals surface area contributed by atoms with E-state index in [1.54, 1.807) is 0 Å². The number of isocyanates is 1. The number of rotatable bonds is 2. The third kappa shape index (κ3) is 3.59. The van der Waals surface area contributed by atoms with Crippen LogP contribution in [0.3, 0.4) is 0 Å². The number of hydrogen-bond acceptors (Lipinski definition) is 3. The summed E-state index contributed by atoms with van der Waals surface area (Å²) in [6.45, 7) is 0. The average molecular weight is 294 g/mol. The minimum Gasteiger partial charge on any atom is -0.211 e. The van der Waals surface area contributed by atoms with Crippen LogP contribution in [0.25, 0.3) is 0 Å². The highest BCUT2D eigenvalue weighted by molar-refractivity contribution is 5.41. The first-order valence-corrected chi connectivity index (χ1v) is 4.85. The molecular formula is C11H4F6N2O. The lowest BCUT2D eigenvalue weighted by Gasteiger charge is -2.14. The Labute approximate surface area is 108 Å². The van der Waals surface area contributed by atoms with Gasteiger partial charge in [0, 0.05) is 0 Å². The van der Waals surface area contributed by atoms with Crippen molar-refractivity contribution in [2.75, 3.05) is 0 Å². The maximum absolute atomic E-state index is 12.5. The van der Waals surface area contributed by atoms with Gasteiger partial charge in [0.2, 0.25) is 6.08 Å². The van der Waals surface area contributed by atoms with E-state index in [1.165, 1.54) is 6.07 Å². The molecule has 1 aromatic carbocycles.